The number of likely N-dealkylation sites (N-methyl/N-ethyl adjacent to an activating group) is 1. The Bertz CT molecular complexity index is 420. The van der Waals surface area contributed by atoms with Crippen molar-refractivity contribution in [1.29, 1.82) is 0 Å². The van der Waals surface area contributed by atoms with Gasteiger partial charge in [-0.05, 0) is 6.07 Å². The highest BCUT2D eigenvalue weighted by atomic mass is 16.5. The summed E-state index contributed by atoms with van der Waals surface area (Å²) >= 11 is 0. The van der Waals surface area contributed by atoms with Gasteiger partial charge in [-0.15, -0.1) is 0 Å². The van der Waals surface area contributed by atoms with Gasteiger partial charge in [0.25, 0.3) is 0 Å². The van der Waals surface area contributed by atoms with Crippen molar-refractivity contribution in [1.82, 2.24) is 14.9 Å². The van der Waals surface area contributed by atoms with Crippen molar-refractivity contribution in [2.24, 2.45) is 0 Å². The normalized spacial score (nSPS) is 9.59. The molecular weight excluding hydrogens is 224 g/mol. The van der Waals surface area contributed by atoms with Crippen molar-refractivity contribution < 1.29 is 14.3 Å². The molecule has 0 saturated carbocycles. The highest BCUT2D eigenvalue weighted by Gasteiger charge is 2.10. The van der Waals surface area contributed by atoms with Gasteiger partial charge in [0.15, 0.2) is 0 Å². The predicted molar refractivity (Wildman–Crippen MR) is 60.6 cm³/mol. The van der Waals surface area contributed by atoms with E-state index in [4.69, 9.17) is 0 Å². The molecule has 0 aromatic carbocycles. The Morgan fingerprint density at radius 2 is 2.18 bits per heavy atom. The quantitative estimate of drug-likeness (QED) is 0.729. The number of methoxy groups -OCH3 is 1. The Morgan fingerprint density at radius 1 is 1.47 bits per heavy atom. The van der Waals surface area contributed by atoms with E-state index in [2.05, 4.69) is 20.0 Å². The van der Waals surface area contributed by atoms with E-state index in [0.29, 0.717) is 5.82 Å². The minimum atomic E-state index is -0.618. The predicted octanol–water partition coefficient (Wildman–Crippen LogP) is -0.237. The minimum absolute atomic E-state index is 0.0465. The van der Waals surface area contributed by atoms with E-state index >= 15 is 0 Å². The number of hydrogen-bond acceptors (Lipinski definition) is 6. The van der Waals surface area contributed by atoms with Gasteiger partial charge in [-0.1, -0.05) is 0 Å². The molecule has 0 bridgehead atoms. The van der Waals surface area contributed by atoms with Crippen molar-refractivity contribution in [2.75, 3.05) is 33.1 Å². The van der Waals surface area contributed by atoms with Gasteiger partial charge in [-0.3, -0.25) is 4.79 Å². The van der Waals surface area contributed by atoms with Crippen molar-refractivity contribution in [3.8, 4) is 0 Å². The summed E-state index contributed by atoms with van der Waals surface area (Å²) in [7, 11) is 4.56. The van der Waals surface area contributed by atoms with Crippen LogP contribution in [0.25, 0.3) is 0 Å². The Labute approximate surface area is 98.8 Å². The van der Waals surface area contributed by atoms with Gasteiger partial charge in [0.2, 0.25) is 11.7 Å². The summed E-state index contributed by atoms with van der Waals surface area (Å²) < 4.78 is 4.49. The smallest absolute Gasteiger partial charge is 0.376 e. The third-order valence-corrected chi connectivity index (χ3v) is 1.94. The zero-order chi connectivity index (χ0) is 12.8. The number of rotatable bonds is 4. The number of aromatic nitrogens is 2. The van der Waals surface area contributed by atoms with Crippen LogP contribution in [0.3, 0.4) is 0 Å². The summed E-state index contributed by atoms with van der Waals surface area (Å²) in [5, 5.41) is 2.80. The summed E-state index contributed by atoms with van der Waals surface area (Å²) in [5.41, 5.74) is 0. The number of carbonyl (C=O) groups is 2. The number of esters is 1. The van der Waals surface area contributed by atoms with E-state index in [1.54, 1.807) is 20.2 Å². The summed E-state index contributed by atoms with van der Waals surface area (Å²) in [4.78, 5) is 31.6. The first-order chi connectivity index (χ1) is 8.04. The van der Waals surface area contributed by atoms with Crippen LogP contribution in [0.15, 0.2) is 12.3 Å². The SMILES string of the molecule is COC(=O)c1nccc(NCC(=O)N(C)C)n1. The van der Waals surface area contributed by atoms with Crippen LogP contribution in [-0.4, -0.2) is 54.5 Å². The molecule has 0 radical (unpaired) electrons. The van der Waals surface area contributed by atoms with Crippen LogP contribution < -0.4 is 5.32 Å². The van der Waals surface area contributed by atoms with Crippen LogP contribution in [0.2, 0.25) is 0 Å². The Hall–Kier alpha value is -2.18. The molecule has 0 fully saturated rings. The Balaban J connectivity index is 2.66. The zero-order valence-electron chi connectivity index (χ0n) is 9.93. The number of amides is 1. The second-order valence-electron chi connectivity index (χ2n) is 3.40. The lowest BCUT2D eigenvalue weighted by Crippen LogP contribution is -2.29. The summed E-state index contributed by atoms with van der Waals surface area (Å²) in [6, 6.07) is 1.56. The van der Waals surface area contributed by atoms with Crippen molar-refractivity contribution in [3.05, 3.63) is 18.1 Å². The van der Waals surface area contributed by atoms with Crippen LogP contribution in [0.5, 0.6) is 0 Å². The first-order valence-electron chi connectivity index (χ1n) is 4.90. The number of nitrogens with zero attached hydrogens (tertiary/aromatic N) is 3. The maximum Gasteiger partial charge on any atom is 0.376 e. The second kappa shape index (κ2) is 5.78. The van der Waals surface area contributed by atoms with Crippen LogP contribution >= 0.6 is 0 Å². The standard InChI is InChI=1S/C10H14N4O3/c1-14(2)8(15)6-12-7-4-5-11-9(13-7)10(16)17-3/h4-5H,6H2,1-3H3,(H,11,12,13). The van der Waals surface area contributed by atoms with Crippen LogP contribution in [0, 0.1) is 0 Å². The molecule has 1 N–H and O–H groups in total. The maximum absolute atomic E-state index is 11.3. The molecule has 0 atom stereocenters. The number of carbonyl (C=O) groups excluding carboxylic acids is 2. The monoisotopic (exact) mass is 238 g/mol. The van der Waals surface area contributed by atoms with Crippen molar-refractivity contribution in [3.63, 3.8) is 0 Å². The molecule has 0 aliphatic carbocycles. The van der Waals surface area contributed by atoms with Gasteiger partial charge in [-0.2, -0.15) is 0 Å². The number of nitrogens with one attached hydrogen (secondary N) is 1. The van der Waals surface area contributed by atoms with E-state index in [1.807, 2.05) is 0 Å². The first kappa shape index (κ1) is 12.9. The molecule has 7 nitrogen and oxygen atoms in total. The molecule has 92 valence electrons. The van der Waals surface area contributed by atoms with Crippen LogP contribution in [-0.2, 0) is 9.53 Å². The van der Waals surface area contributed by atoms with Gasteiger partial charge >= 0.3 is 5.97 Å². The number of hydrogen-bond donors (Lipinski definition) is 1. The second-order valence-corrected chi connectivity index (χ2v) is 3.40. The van der Waals surface area contributed by atoms with Gasteiger partial charge in [0.1, 0.15) is 5.82 Å². The lowest BCUT2D eigenvalue weighted by atomic mass is 10.5. The first-order valence-corrected chi connectivity index (χ1v) is 4.90. The van der Waals surface area contributed by atoms with Crippen molar-refractivity contribution >= 4 is 17.7 Å². The fraction of sp³-hybridized carbons (Fsp3) is 0.400. The summed E-state index contributed by atoms with van der Waals surface area (Å²) in [6.07, 6.45) is 1.42. The molecule has 1 aromatic rings. The lowest BCUT2D eigenvalue weighted by molar-refractivity contribution is -0.126. The molecule has 0 saturated heterocycles. The zero-order valence-corrected chi connectivity index (χ0v) is 9.93. The van der Waals surface area contributed by atoms with E-state index in [9.17, 15) is 9.59 Å². The molecule has 0 aliphatic rings. The number of anilines is 1. The topological polar surface area (TPSA) is 84.4 Å². The van der Waals surface area contributed by atoms with Gasteiger partial charge < -0.3 is 15.0 Å². The fourth-order valence-electron chi connectivity index (χ4n) is 0.971. The molecular formula is C10H14N4O3. The molecule has 1 aromatic heterocycles. The van der Waals surface area contributed by atoms with Crippen LogP contribution in [0.4, 0.5) is 5.82 Å². The van der Waals surface area contributed by atoms with E-state index < -0.39 is 5.97 Å². The van der Waals surface area contributed by atoms with Gasteiger partial charge in [0, 0.05) is 20.3 Å². The average Bonchev–Trinajstić information content (AvgIpc) is 2.35. The molecule has 0 unspecified atom stereocenters. The molecule has 17 heavy (non-hydrogen) atoms. The van der Waals surface area contributed by atoms with E-state index in [1.165, 1.54) is 18.2 Å². The molecule has 1 rings (SSSR count). The molecule has 0 spiro atoms. The molecule has 0 aliphatic heterocycles. The van der Waals surface area contributed by atoms with Gasteiger partial charge in [0.05, 0.1) is 13.7 Å². The highest BCUT2D eigenvalue weighted by Crippen LogP contribution is 2.02. The summed E-state index contributed by atoms with van der Waals surface area (Å²) in [5.74, 6) is -0.360. The minimum Gasteiger partial charge on any atom is -0.463 e. The summed E-state index contributed by atoms with van der Waals surface area (Å²) in [6.45, 7) is 0.102. The average molecular weight is 238 g/mol. The third-order valence-electron chi connectivity index (χ3n) is 1.94. The van der Waals surface area contributed by atoms with Crippen LogP contribution in [0.1, 0.15) is 10.6 Å². The number of ether oxygens (including phenoxy) is 1. The van der Waals surface area contributed by atoms with Gasteiger partial charge in [-0.25, -0.2) is 14.8 Å². The third kappa shape index (κ3) is 3.71. The van der Waals surface area contributed by atoms with Crippen molar-refractivity contribution in [2.45, 2.75) is 0 Å². The lowest BCUT2D eigenvalue weighted by Gasteiger charge is -2.11. The fourth-order valence-corrected chi connectivity index (χ4v) is 0.971. The Kier molecular flexibility index (Phi) is 4.38. The molecule has 1 heterocycles. The highest BCUT2D eigenvalue weighted by molar-refractivity contribution is 5.85. The van der Waals surface area contributed by atoms with E-state index in [-0.39, 0.29) is 18.3 Å². The molecule has 7 heteroatoms. The Morgan fingerprint density at radius 3 is 2.76 bits per heavy atom. The molecule has 1 amide bonds. The largest absolute Gasteiger partial charge is 0.463 e. The van der Waals surface area contributed by atoms with E-state index in [0.717, 1.165) is 0 Å². The maximum atomic E-state index is 11.3.